The standard InChI is InChI=1S/C16H18N2O2/c1-12(20-15-10-6-5-9-14(15)17)16(19)18-11-13-7-3-2-4-8-13/h2-10,12H,11,17H2,1H3,(H,18,19). The van der Waals surface area contributed by atoms with Crippen LogP contribution in [0.2, 0.25) is 0 Å². The maximum Gasteiger partial charge on any atom is 0.261 e. The summed E-state index contributed by atoms with van der Waals surface area (Å²) in [6.45, 7) is 2.18. The fourth-order valence-corrected chi connectivity index (χ4v) is 1.76. The van der Waals surface area contributed by atoms with Gasteiger partial charge in [0.1, 0.15) is 5.75 Å². The van der Waals surface area contributed by atoms with Crippen LogP contribution in [0, 0.1) is 0 Å². The van der Waals surface area contributed by atoms with Crippen LogP contribution in [0.3, 0.4) is 0 Å². The number of carbonyl (C=O) groups is 1. The topological polar surface area (TPSA) is 64.3 Å². The van der Waals surface area contributed by atoms with Gasteiger partial charge in [0.2, 0.25) is 0 Å². The first kappa shape index (κ1) is 13.9. The van der Waals surface area contributed by atoms with E-state index in [1.54, 1.807) is 19.1 Å². The molecule has 4 heteroatoms. The van der Waals surface area contributed by atoms with Crippen molar-refractivity contribution >= 4 is 11.6 Å². The van der Waals surface area contributed by atoms with Crippen molar-refractivity contribution in [1.82, 2.24) is 5.32 Å². The number of hydrogen-bond donors (Lipinski definition) is 2. The maximum absolute atomic E-state index is 12.0. The number of para-hydroxylation sites is 2. The van der Waals surface area contributed by atoms with Crippen LogP contribution in [0.1, 0.15) is 12.5 Å². The molecule has 4 nitrogen and oxygen atoms in total. The van der Waals surface area contributed by atoms with Crippen molar-refractivity contribution in [3.05, 3.63) is 60.2 Å². The molecule has 3 N–H and O–H groups in total. The second-order valence-electron chi connectivity index (χ2n) is 4.50. The molecule has 0 aromatic heterocycles. The van der Waals surface area contributed by atoms with Gasteiger partial charge in [-0.15, -0.1) is 0 Å². The molecule has 0 aliphatic rings. The third-order valence-electron chi connectivity index (χ3n) is 2.90. The van der Waals surface area contributed by atoms with E-state index >= 15 is 0 Å². The fraction of sp³-hybridized carbons (Fsp3) is 0.188. The Morgan fingerprint density at radius 3 is 2.50 bits per heavy atom. The Morgan fingerprint density at radius 2 is 1.80 bits per heavy atom. The lowest BCUT2D eigenvalue weighted by Gasteiger charge is -2.16. The first-order valence-electron chi connectivity index (χ1n) is 6.49. The number of rotatable bonds is 5. The van der Waals surface area contributed by atoms with Gasteiger partial charge in [0.25, 0.3) is 5.91 Å². The van der Waals surface area contributed by atoms with Crippen molar-refractivity contribution in [3.8, 4) is 5.75 Å². The van der Waals surface area contributed by atoms with Gasteiger partial charge in [0.05, 0.1) is 5.69 Å². The molecule has 2 aromatic carbocycles. The molecule has 0 radical (unpaired) electrons. The number of nitrogen functional groups attached to an aromatic ring is 1. The van der Waals surface area contributed by atoms with Gasteiger partial charge in [-0.2, -0.15) is 0 Å². The Labute approximate surface area is 118 Å². The SMILES string of the molecule is CC(Oc1ccccc1N)C(=O)NCc1ccccc1. The molecule has 1 atom stereocenters. The quantitative estimate of drug-likeness (QED) is 0.820. The van der Waals surface area contributed by atoms with E-state index in [4.69, 9.17) is 10.5 Å². The van der Waals surface area contributed by atoms with E-state index in [9.17, 15) is 4.79 Å². The molecule has 1 amide bonds. The largest absolute Gasteiger partial charge is 0.479 e. The predicted octanol–water partition coefficient (Wildman–Crippen LogP) is 2.35. The normalized spacial score (nSPS) is 11.7. The Kier molecular flexibility index (Phi) is 4.60. The molecule has 0 saturated heterocycles. The van der Waals surface area contributed by atoms with Crippen LogP contribution in [0.15, 0.2) is 54.6 Å². The highest BCUT2D eigenvalue weighted by molar-refractivity contribution is 5.80. The molecule has 1 unspecified atom stereocenters. The molecule has 20 heavy (non-hydrogen) atoms. The van der Waals surface area contributed by atoms with Gasteiger partial charge in [0.15, 0.2) is 6.10 Å². The molecule has 104 valence electrons. The number of carbonyl (C=O) groups excluding carboxylic acids is 1. The molecular formula is C16H18N2O2. The minimum absolute atomic E-state index is 0.169. The van der Waals surface area contributed by atoms with E-state index < -0.39 is 6.10 Å². The molecule has 0 spiro atoms. The first-order chi connectivity index (χ1) is 9.66. The second-order valence-corrected chi connectivity index (χ2v) is 4.50. The first-order valence-corrected chi connectivity index (χ1v) is 6.49. The second kappa shape index (κ2) is 6.61. The van der Waals surface area contributed by atoms with E-state index in [2.05, 4.69) is 5.32 Å². The highest BCUT2D eigenvalue weighted by Gasteiger charge is 2.15. The Hall–Kier alpha value is -2.49. The highest BCUT2D eigenvalue weighted by Crippen LogP contribution is 2.21. The van der Waals surface area contributed by atoms with Gasteiger partial charge in [-0.3, -0.25) is 4.79 Å². The fourth-order valence-electron chi connectivity index (χ4n) is 1.76. The van der Waals surface area contributed by atoms with E-state index in [-0.39, 0.29) is 5.91 Å². The third-order valence-corrected chi connectivity index (χ3v) is 2.90. The molecule has 0 heterocycles. The minimum Gasteiger partial charge on any atom is -0.479 e. The van der Waals surface area contributed by atoms with Crippen LogP contribution < -0.4 is 15.8 Å². The van der Waals surface area contributed by atoms with Gasteiger partial charge in [-0.1, -0.05) is 42.5 Å². The summed E-state index contributed by atoms with van der Waals surface area (Å²) in [7, 11) is 0. The van der Waals surface area contributed by atoms with Crippen LogP contribution in [0.4, 0.5) is 5.69 Å². The number of ether oxygens (including phenoxy) is 1. The lowest BCUT2D eigenvalue weighted by Crippen LogP contribution is -2.36. The van der Waals surface area contributed by atoms with Crippen molar-refractivity contribution < 1.29 is 9.53 Å². The Bertz CT molecular complexity index is 570. The minimum atomic E-state index is -0.594. The number of hydrogen-bond acceptors (Lipinski definition) is 3. The van der Waals surface area contributed by atoms with Crippen LogP contribution in [-0.2, 0) is 11.3 Å². The number of amides is 1. The number of nitrogens with one attached hydrogen (secondary N) is 1. The zero-order valence-corrected chi connectivity index (χ0v) is 11.4. The number of nitrogens with two attached hydrogens (primary N) is 1. The average Bonchev–Trinajstić information content (AvgIpc) is 2.48. The van der Waals surface area contributed by atoms with E-state index in [0.29, 0.717) is 18.0 Å². The summed E-state index contributed by atoms with van der Waals surface area (Å²) in [6, 6.07) is 16.9. The third kappa shape index (κ3) is 3.75. The predicted molar refractivity (Wildman–Crippen MR) is 79.2 cm³/mol. The number of anilines is 1. The van der Waals surface area contributed by atoms with Crippen LogP contribution in [0.5, 0.6) is 5.75 Å². The van der Waals surface area contributed by atoms with Gasteiger partial charge in [-0.05, 0) is 24.6 Å². The van der Waals surface area contributed by atoms with Gasteiger partial charge < -0.3 is 15.8 Å². The smallest absolute Gasteiger partial charge is 0.261 e. The monoisotopic (exact) mass is 270 g/mol. The zero-order chi connectivity index (χ0) is 14.4. The highest BCUT2D eigenvalue weighted by atomic mass is 16.5. The van der Waals surface area contributed by atoms with Crippen molar-refractivity contribution in [3.63, 3.8) is 0 Å². The van der Waals surface area contributed by atoms with Crippen LogP contribution in [0.25, 0.3) is 0 Å². The maximum atomic E-state index is 12.0. The van der Waals surface area contributed by atoms with E-state index in [1.165, 1.54) is 0 Å². The average molecular weight is 270 g/mol. The van der Waals surface area contributed by atoms with Crippen molar-refractivity contribution in [2.24, 2.45) is 0 Å². The van der Waals surface area contributed by atoms with Crippen LogP contribution in [-0.4, -0.2) is 12.0 Å². The summed E-state index contributed by atoms with van der Waals surface area (Å²) < 4.78 is 5.56. The molecule has 0 aliphatic heterocycles. The molecule has 2 rings (SSSR count). The summed E-state index contributed by atoms with van der Waals surface area (Å²) in [5.74, 6) is 0.354. The van der Waals surface area contributed by atoms with Gasteiger partial charge in [-0.25, -0.2) is 0 Å². The molecule has 2 aromatic rings. The van der Waals surface area contributed by atoms with Crippen molar-refractivity contribution in [2.45, 2.75) is 19.6 Å². The summed E-state index contributed by atoms with van der Waals surface area (Å²) in [5, 5.41) is 2.83. The molecular weight excluding hydrogens is 252 g/mol. The summed E-state index contributed by atoms with van der Waals surface area (Å²) in [6.07, 6.45) is -0.594. The molecule has 0 saturated carbocycles. The molecule has 0 fully saturated rings. The molecule has 0 bridgehead atoms. The van der Waals surface area contributed by atoms with Crippen LogP contribution >= 0.6 is 0 Å². The summed E-state index contributed by atoms with van der Waals surface area (Å²) in [5.41, 5.74) is 7.35. The van der Waals surface area contributed by atoms with Gasteiger partial charge >= 0.3 is 0 Å². The number of benzene rings is 2. The van der Waals surface area contributed by atoms with Gasteiger partial charge in [0, 0.05) is 6.54 Å². The van der Waals surface area contributed by atoms with Crippen molar-refractivity contribution in [1.29, 1.82) is 0 Å². The lowest BCUT2D eigenvalue weighted by atomic mass is 10.2. The van der Waals surface area contributed by atoms with Crippen molar-refractivity contribution in [2.75, 3.05) is 5.73 Å². The Balaban J connectivity index is 1.88. The van der Waals surface area contributed by atoms with E-state index in [0.717, 1.165) is 5.56 Å². The molecule has 0 aliphatic carbocycles. The summed E-state index contributed by atoms with van der Waals surface area (Å²) >= 11 is 0. The Morgan fingerprint density at radius 1 is 1.15 bits per heavy atom. The lowest BCUT2D eigenvalue weighted by molar-refractivity contribution is -0.127. The summed E-state index contributed by atoms with van der Waals surface area (Å²) in [4.78, 5) is 12.0. The zero-order valence-electron chi connectivity index (χ0n) is 11.4. The van der Waals surface area contributed by atoms with E-state index in [1.807, 2.05) is 42.5 Å².